The van der Waals surface area contributed by atoms with Crippen LogP contribution in [0.2, 0.25) is 0 Å². The molecule has 1 fully saturated rings. The highest BCUT2D eigenvalue weighted by Gasteiger charge is 2.24. The highest BCUT2D eigenvalue weighted by atomic mass is 15.3. The summed E-state index contributed by atoms with van der Waals surface area (Å²) in [6.45, 7) is 3.95. The standard InChI is InChI=1S/C11H16N6/c1-8-14-15-11-10(13-4-6-17(8)11)16-5-3-9(7-16)12-2/h4,6,9,12H,3,5,7H2,1-2H3. The maximum atomic E-state index is 4.45. The van der Waals surface area contributed by atoms with E-state index in [2.05, 4.69) is 25.4 Å². The number of nitrogens with one attached hydrogen (secondary N) is 1. The average molecular weight is 232 g/mol. The maximum absolute atomic E-state index is 4.45. The smallest absolute Gasteiger partial charge is 0.203 e. The number of hydrogen-bond acceptors (Lipinski definition) is 5. The number of rotatable bonds is 2. The van der Waals surface area contributed by atoms with E-state index >= 15 is 0 Å². The predicted octanol–water partition coefficient (Wildman–Crippen LogP) is 0.231. The fourth-order valence-electron chi connectivity index (χ4n) is 2.34. The second-order valence-corrected chi connectivity index (χ2v) is 4.41. The van der Waals surface area contributed by atoms with Gasteiger partial charge in [0.1, 0.15) is 5.82 Å². The summed E-state index contributed by atoms with van der Waals surface area (Å²) in [6, 6.07) is 0.543. The van der Waals surface area contributed by atoms with E-state index < -0.39 is 0 Å². The normalized spacial score (nSPS) is 20.4. The molecule has 0 saturated carbocycles. The van der Waals surface area contributed by atoms with Crippen molar-refractivity contribution >= 4 is 11.5 Å². The molecule has 3 rings (SSSR count). The predicted molar refractivity (Wildman–Crippen MR) is 65.2 cm³/mol. The van der Waals surface area contributed by atoms with Crippen LogP contribution in [-0.4, -0.2) is 45.8 Å². The molecule has 0 radical (unpaired) electrons. The van der Waals surface area contributed by atoms with Crippen LogP contribution in [0.3, 0.4) is 0 Å². The molecule has 1 N–H and O–H groups in total. The van der Waals surface area contributed by atoms with Crippen molar-refractivity contribution in [3.63, 3.8) is 0 Å². The van der Waals surface area contributed by atoms with Gasteiger partial charge in [0.15, 0.2) is 5.82 Å². The van der Waals surface area contributed by atoms with Gasteiger partial charge in [-0.1, -0.05) is 0 Å². The fourth-order valence-corrected chi connectivity index (χ4v) is 2.34. The first-order chi connectivity index (χ1) is 8.29. The molecular formula is C11H16N6. The van der Waals surface area contributed by atoms with E-state index in [1.165, 1.54) is 0 Å². The van der Waals surface area contributed by atoms with Crippen molar-refractivity contribution in [1.82, 2.24) is 24.9 Å². The molecule has 6 heteroatoms. The maximum Gasteiger partial charge on any atom is 0.203 e. The Labute approximate surface area is 99.7 Å². The van der Waals surface area contributed by atoms with E-state index in [0.717, 1.165) is 36.8 Å². The molecule has 1 aliphatic rings. The van der Waals surface area contributed by atoms with Gasteiger partial charge < -0.3 is 10.2 Å². The second kappa shape index (κ2) is 3.96. The molecule has 0 bridgehead atoms. The molecule has 0 amide bonds. The van der Waals surface area contributed by atoms with Gasteiger partial charge in [-0.2, -0.15) is 0 Å². The number of aryl methyl sites for hydroxylation is 1. The third kappa shape index (κ3) is 1.64. The SMILES string of the molecule is CNC1CCN(c2nccn3c(C)nnc23)C1. The Morgan fingerprint density at radius 3 is 3.06 bits per heavy atom. The van der Waals surface area contributed by atoms with Crippen LogP contribution in [0.1, 0.15) is 12.2 Å². The summed E-state index contributed by atoms with van der Waals surface area (Å²) in [5, 5.41) is 11.6. The quantitative estimate of drug-likeness (QED) is 0.803. The summed E-state index contributed by atoms with van der Waals surface area (Å²) in [5.41, 5.74) is 0.849. The lowest BCUT2D eigenvalue weighted by molar-refractivity contribution is 0.616. The van der Waals surface area contributed by atoms with E-state index in [9.17, 15) is 0 Å². The first-order valence-corrected chi connectivity index (χ1v) is 5.88. The molecule has 1 saturated heterocycles. The highest BCUT2D eigenvalue weighted by molar-refractivity contribution is 5.64. The molecule has 0 spiro atoms. The summed E-state index contributed by atoms with van der Waals surface area (Å²) in [7, 11) is 2.00. The van der Waals surface area contributed by atoms with Crippen molar-refractivity contribution in [2.75, 3.05) is 25.0 Å². The van der Waals surface area contributed by atoms with Gasteiger partial charge in [0, 0.05) is 31.5 Å². The number of aromatic nitrogens is 4. The number of hydrogen-bond donors (Lipinski definition) is 1. The highest BCUT2D eigenvalue weighted by Crippen LogP contribution is 2.21. The molecule has 17 heavy (non-hydrogen) atoms. The lowest BCUT2D eigenvalue weighted by Gasteiger charge is -2.17. The third-order valence-electron chi connectivity index (χ3n) is 3.37. The van der Waals surface area contributed by atoms with E-state index in [-0.39, 0.29) is 0 Å². The van der Waals surface area contributed by atoms with Crippen LogP contribution in [0.5, 0.6) is 0 Å². The number of likely N-dealkylation sites (N-methyl/N-ethyl adjacent to an activating group) is 1. The molecule has 1 aliphatic heterocycles. The first kappa shape index (κ1) is 10.5. The van der Waals surface area contributed by atoms with E-state index in [1.54, 1.807) is 0 Å². The average Bonchev–Trinajstić information content (AvgIpc) is 2.96. The largest absolute Gasteiger partial charge is 0.352 e. The third-order valence-corrected chi connectivity index (χ3v) is 3.37. The Balaban J connectivity index is 2.00. The second-order valence-electron chi connectivity index (χ2n) is 4.41. The monoisotopic (exact) mass is 232 g/mol. The number of nitrogens with zero attached hydrogens (tertiary/aromatic N) is 5. The van der Waals surface area contributed by atoms with E-state index in [0.29, 0.717) is 6.04 Å². The zero-order valence-corrected chi connectivity index (χ0v) is 10.1. The van der Waals surface area contributed by atoms with Crippen molar-refractivity contribution < 1.29 is 0 Å². The Kier molecular flexibility index (Phi) is 2.44. The summed E-state index contributed by atoms with van der Waals surface area (Å²) < 4.78 is 1.98. The van der Waals surface area contributed by atoms with Crippen LogP contribution in [0.15, 0.2) is 12.4 Å². The molecule has 1 atom stereocenters. The summed E-state index contributed by atoms with van der Waals surface area (Å²) in [5.74, 6) is 1.83. The molecule has 1 unspecified atom stereocenters. The van der Waals surface area contributed by atoms with Gasteiger partial charge in [-0.15, -0.1) is 10.2 Å². The Morgan fingerprint density at radius 1 is 1.41 bits per heavy atom. The summed E-state index contributed by atoms with van der Waals surface area (Å²) >= 11 is 0. The van der Waals surface area contributed by atoms with Crippen LogP contribution in [0.4, 0.5) is 5.82 Å². The molecule has 3 heterocycles. The lowest BCUT2D eigenvalue weighted by atomic mass is 10.3. The van der Waals surface area contributed by atoms with Crippen LogP contribution in [0, 0.1) is 6.92 Å². The first-order valence-electron chi connectivity index (χ1n) is 5.88. The van der Waals surface area contributed by atoms with Crippen LogP contribution < -0.4 is 10.2 Å². The molecule has 90 valence electrons. The molecule has 6 nitrogen and oxygen atoms in total. The fraction of sp³-hybridized carbons (Fsp3) is 0.545. The van der Waals surface area contributed by atoms with E-state index in [1.807, 2.05) is 30.8 Å². The summed E-state index contributed by atoms with van der Waals surface area (Å²) in [6.07, 6.45) is 4.86. The minimum Gasteiger partial charge on any atom is -0.352 e. The topological polar surface area (TPSA) is 58.4 Å². The lowest BCUT2D eigenvalue weighted by Crippen LogP contribution is -2.30. The molecular weight excluding hydrogens is 216 g/mol. The van der Waals surface area contributed by atoms with Crippen molar-refractivity contribution in [2.24, 2.45) is 0 Å². The number of fused-ring (bicyclic) bond motifs is 1. The van der Waals surface area contributed by atoms with Gasteiger partial charge in [-0.05, 0) is 20.4 Å². The van der Waals surface area contributed by atoms with Gasteiger partial charge >= 0.3 is 0 Å². The molecule has 0 aromatic carbocycles. The van der Waals surface area contributed by atoms with Crippen molar-refractivity contribution in [1.29, 1.82) is 0 Å². The Bertz CT molecular complexity index is 534. The van der Waals surface area contributed by atoms with Gasteiger partial charge in [0.2, 0.25) is 5.65 Å². The van der Waals surface area contributed by atoms with Gasteiger partial charge in [0.25, 0.3) is 0 Å². The van der Waals surface area contributed by atoms with Crippen LogP contribution in [-0.2, 0) is 0 Å². The van der Waals surface area contributed by atoms with Crippen molar-refractivity contribution in [2.45, 2.75) is 19.4 Å². The van der Waals surface area contributed by atoms with Crippen LogP contribution >= 0.6 is 0 Å². The van der Waals surface area contributed by atoms with Gasteiger partial charge in [0.05, 0.1) is 0 Å². The van der Waals surface area contributed by atoms with Gasteiger partial charge in [-0.3, -0.25) is 4.40 Å². The van der Waals surface area contributed by atoms with E-state index in [4.69, 9.17) is 0 Å². The molecule has 2 aromatic heterocycles. The Hall–Kier alpha value is -1.69. The minimum atomic E-state index is 0.543. The van der Waals surface area contributed by atoms with Gasteiger partial charge in [-0.25, -0.2) is 4.98 Å². The Morgan fingerprint density at radius 2 is 2.29 bits per heavy atom. The van der Waals surface area contributed by atoms with Crippen molar-refractivity contribution in [3.8, 4) is 0 Å². The zero-order chi connectivity index (χ0) is 11.8. The van der Waals surface area contributed by atoms with Crippen LogP contribution in [0.25, 0.3) is 5.65 Å². The number of anilines is 1. The minimum absolute atomic E-state index is 0.543. The van der Waals surface area contributed by atoms with Crippen molar-refractivity contribution in [3.05, 3.63) is 18.2 Å². The summed E-state index contributed by atoms with van der Waals surface area (Å²) in [4.78, 5) is 6.71. The molecule has 0 aliphatic carbocycles. The molecule has 2 aromatic rings. The zero-order valence-electron chi connectivity index (χ0n) is 10.1.